The number of carbonyl (C=O) groups excluding carboxylic acids is 1. The number of hydrogen-bond donors (Lipinski definition) is 2. The van der Waals surface area contributed by atoms with E-state index in [1.165, 1.54) is 0 Å². The predicted molar refractivity (Wildman–Crippen MR) is 109 cm³/mol. The van der Waals surface area contributed by atoms with E-state index in [1.807, 2.05) is 84.9 Å². The molecule has 1 unspecified atom stereocenters. The molecule has 1 amide bonds. The van der Waals surface area contributed by atoms with Gasteiger partial charge in [0.05, 0.1) is 5.69 Å². The monoisotopic (exact) mass is 372 g/mol. The zero-order valence-electron chi connectivity index (χ0n) is 15.2. The molecule has 3 aromatic rings. The number of nitrogens with two attached hydrogens (primary N) is 1. The highest BCUT2D eigenvalue weighted by molar-refractivity contribution is 6.38. The third-order valence-corrected chi connectivity index (χ3v) is 4.40. The first-order valence-corrected chi connectivity index (χ1v) is 8.96. The van der Waals surface area contributed by atoms with E-state index in [9.17, 15) is 4.79 Å². The van der Waals surface area contributed by atoms with E-state index in [0.29, 0.717) is 6.61 Å². The maximum Gasteiger partial charge on any atom is 0.286 e. The molecule has 1 heterocycles. The van der Waals surface area contributed by atoms with Crippen molar-refractivity contribution in [3.63, 3.8) is 0 Å². The highest BCUT2D eigenvalue weighted by Gasteiger charge is 2.30. The second-order valence-electron chi connectivity index (χ2n) is 6.39. The molecule has 28 heavy (non-hydrogen) atoms. The molecule has 0 fully saturated rings. The van der Waals surface area contributed by atoms with Crippen LogP contribution in [-0.4, -0.2) is 11.7 Å². The normalized spacial score (nSPS) is 15.6. The minimum absolute atomic E-state index is 0.139. The van der Waals surface area contributed by atoms with Crippen LogP contribution >= 0.6 is 0 Å². The Morgan fingerprint density at radius 1 is 1.00 bits per heavy atom. The van der Waals surface area contributed by atoms with Crippen LogP contribution in [0.1, 0.15) is 17.3 Å². The summed E-state index contributed by atoms with van der Waals surface area (Å²) in [7, 11) is 0. The summed E-state index contributed by atoms with van der Waals surface area (Å²) in [5, 5.41) is 9.27. The fourth-order valence-corrected chi connectivity index (χ4v) is 3.04. The number of anilines is 1. The van der Waals surface area contributed by atoms with Crippen LogP contribution in [0.25, 0.3) is 0 Å². The number of hydrazone groups is 1. The van der Waals surface area contributed by atoms with Crippen LogP contribution < -0.4 is 20.8 Å². The van der Waals surface area contributed by atoms with Gasteiger partial charge in [-0.25, -0.2) is 5.01 Å². The lowest BCUT2D eigenvalue weighted by Crippen LogP contribution is -2.36. The van der Waals surface area contributed by atoms with Gasteiger partial charge in [0.25, 0.3) is 5.91 Å². The van der Waals surface area contributed by atoms with E-state index < -0.39 is 5.91 Å². The van der Waals surface area contributed by atoms with Crippen molar-refractivity contribution in [1.82, 2.24) is 5.32 Å². The number of rotatable bonds is 6. The van der Waals surface area contributed by atoms with Crippen LogP contribution in [0.4, 0.5) is 5.69 Å². The summed E-state index contributed by atoms with van der Waals surface area (Å²) >= 11 is 0. The lowest BCUT2D eigenvalue weighted by molar-refractivity contribution is -0.112. The van der Waals surface area contributed by atoms with Crippen LogP contribution in [0.15, 0.2) is 90.0 Å². The average molecular weight is 372 g/mol. The molecule has 3 N–H and O–H groups in total. The number of carbonyl (C=O) groups is 1. The number of para-hydroxylation sites is 1. The highest BCUT2D eigenvalue weighted by Crippen LogP contribution is 2.30. The molecule has 0 saturated carbocycles. The summed E-state index contributed by atoms with van der Waals surface area (Å²) in [6, 6.07) is 27.3. The van der Waals surface area contributed by atoms with Crippen molar-refractivity contribution in [3.8, 4) is 5.75 Å². The molecule has 6 heteroatoms. The molecule has 1 aliphatic rings. The Kier molecular flexibility index (Phi) is 4.93. The third kappa shape index (κ3) is 3.81. The van der Waals surface area contributed by atoms with Crippen molar-refractivity contribution in [3.05, 3.63) is 96.1 Å². The predicted octanol–water partition coefficient (Wildman–Crippen LogP) is 3.17. The zero-order valence-corrected chi connectivity index (χ0v) is 15.2. The Balaban J connectivity index is 1.59. The summed E-state index contributed by atoms with van der Waals surface area (Å²) in [5.41, 5.74) is 8.26. The van der Waals surface area contributed by atoms with Crippen LogP contribution in [0.3, 0.4) is 0 Å². The van der Waals surface area contributed by atoms with Gasteiger partial charge in [0.15, 0.2) is 0 Å². The van der Waals surface area contributed by atoms with E-state index in [4.69, 9.17) is 10.5 Å². The molecular weight excluding hydrogens is 352 g/mol. The maximum absolute atomic E-state index is 11.7. The molecule has 0 radical (unpaired) electrons. The minimum atomic E-state index is -0.591. The van der Waals surface area contributed by atoms with E-state index in [0.717, 1.165) is 22.6 Å². The molecule has 0 aliphatic carbocycles. The second-order valence-corrected chi connectivity index (χ2v) is 6.39. The number of amides is 1. The number of primary amides is 1. The Labute approximate surface area is 163 Å². The first-order valence-electron chi connectivity index (χ1n) is 8.96. The summed E-state index contributed by atoms with van der Waals surface area (Å²) in [6.07, 6.45) is -0.311. The van der Waals surface area contributed by atoms with E-state index in [2.05, 4.69) is 10.4 Å². The van der Waals surface area contributed by atoms with Gasteiger partial charge in [0.1, 0.15) is 18.5 Å². The molecule has 1 aliphatic heterocycles. The lowest BCUT2D eigenvalue weighted by Gasteiger charge is -2.24. The standard InChI is InChI=1S/C22H20N4O2/c23-20(27)21-24-22(17-9-3-1-4-10-17)26(25-21)18-11-7-8-16(14-18)15-28-19-12-5-2-6-13-19/h1-14,22H,15H2,(H2,23,27)(H,24,25). The Hall–Kier alpha value is -3.80. The smallest absolute Gasteiger partial charge is 0.286 e. The van der Waals surface area contributed by atoms with Crippen molar-refractivity contribution >= 4 is 17.4 Å². The fourth-order valence-electron chi connectivity index (χ4n) is 3.04. The topological polar surface area (TPSA) is 80.0 Å². The second kappa shape index (κ2) is 7.84. The molecule has 0 spiro atoms. The van der Waals surface area contributed by atoms with Gasteiger partial charge in [-0.1, -0.05) is 60.7 Å². The summed E-state index contributed by atoms with van der Waals surface area (Å²) < 4.78 is 5.84. The molecular formula is C22H20N4O2. The molecule has 0 saturated heterocycles. The van der Waals surface area contributed by atoms with E-state index in [-0.39, 0.29) is 12.0 Å². The molecule has 4 rings (SSSR count). The molecule has 0 bridgehead atoms. The molecule has 1 atom stereocenters. The summed E-state index contributed by atoms with van der Waals surface area (Å²) in [4.78, 5) is 11.7. The van der Waals surface area contributed by atoms with Crippen molar-refractivity contribution in [2.45, 2.75) is 12.8 Å². The maximum atomic E-state index is 11.7. The van der Waals surface area contributed by atoms with E-state index in [1.54, 1.807) is 5.01 Å². The highest BCUT2D eigenvalue weighted by atomic mass is 16.5. The van der Waals surface area contributed by atoms with Gasteiger partial charge in [-0.2, -0.15) is 0 Å². The molecule has 3 aromatic carbocycles. The van der Waals surface area contributed by atoms with Crippen LogP contribution in [0, 0.1) is 0 Å². The first kappa shape index (κ1) is 17.6. The number of nitrogens with zero attached hydrogens (tertiary/aromatic N) is 2. The quantitative estimate of drug-likeness (QED) is 0.696. The van der Waals surface area contributed by atoms with Gasteiger partial charge >= 0.3 is 0 Å². The average Bonchev–Trinajstić information content (AvgIpc) is 3.20. The fraction of sp³-hybridized carbons (Fsp3) is 0.0909. The third-order valence-electron chi connectivity index (χ3n) is 4.40. The number of nitrogens with one attached hydrogen (secondary N) is 1. The molecule has 6 nitrogen and oxygen atoms in total. The number of amidine groups is 1. The number of ether oxygens (including phenoxy) is 1. The largest absolute Gasteiger partial charge is 0.489 e. The number of hydrogen-bond acceptors (Lipinski definition) is 5. The van der Waals surface area contributed by atoms with Gasteiger partial charge in [0, 0.05) is 0 Å². The van der Waals surface area contributed by atoms with Gasteiger partial charge in [-0.3, -0.25) is 4.79 Å². The zero-order chi connectivity index (χ0) is 19.3. The van der Waals surface area contributed by atoms with Crippen molar-refractivity contribution in [1.29, 1.82) is 0 Å². The van der Waals surface area contributed by atoms with Crippen molar-refractivity contribution < 1.29 is 9.53 Å². The van der Waals surface area contributed by atoms with E-state index >= 15 is 0 Å². The first-order chi connectivity index (χ1) is 13.7. The molecule has 140 valence electrons. The summed E-state index contributed by atoms with van der Waals surface area (Å²) in [6.45, 7) is 0.432. The van der Waals surface area contributed by atoms with Crippen LogP contribution in [-0.2, 0) is 11.4 Å². The van der Waals surface area contributed by atoms with Crippen molar-refractivity contribution in [2.75, 3.05) is 5.01 Å². The Morgan fingerprint density at radius 3 is 2.43 bits per heavy atom. The lowest BCUT2D eigenvalue weighted by atomic mass is 10.1. The Morgan fingerprint density at radius 2 is 1.71 bits per heavy atom. The van der Waals surface area contributed by atoms with Crippen molar-refractivity contribution in [2.24, 2.45) is 10.8 Å². The van der Waals surface area contributed by atoms with Crippen LogP contribution in [0.2, 0.25) is 0 Å². The van der Waals surface area contributed by atoms with Gasteiger partial charge in [-0.05, 0) is 35.4 Å². The van der Waals surface area contributed by atoms with Gasteiger partial charge in [-0.15, -0.1) is 5.10 Å². The van der Waals surface area contributed by atoms with Crippen LogP contribution in [0.5, 0.6) is 5.75 Å². The molecule has 0 aromatic heterocycles. The summed E-state index contributed by atoms with van der Waals surface area (Å²) in [5.74, 6) is 0.360. The number of benzene rings is 3. The Bertz CT molecular complexity index is 990. The van der Waals surface area contributed by atoms with Gasteiger partial charge < -0.3 is 15.8 Å². The SMILES string of the molecule is NC(=O)C1=NN(c2cccc(COc3ccccc3)c2)C(c2ccccc2)N1. The van der Waals surface area contributed by atoms with Gasteiger partial charge in [0.2, 0.25) is 5.84 Å². The minimum Gasteiger partial charge on any atom is -0.489 e.